The Kier molecular flexibility index (Phi) is 5.27. The molecule has 1 N–H and O–H groups in total. The van der Waals surface area contributed by atoms with Gasteiger partial charge in [-0.15, -0.1) is 0 Å². The summed E-state index contributed by atoms with van der Waals surface area (Å²) < 4.78 is 47.3. The molecule has 0 bridgehead atoms. The summed E-state index contributed by atoms with van der Waals surface area (Å²) >= 11 is 5.89. The molecule has 0 saturated heterocycles. The summed E-state index contributed by atoms with van der Waals surface area (Å²) in [5, 5.41) is 10.9. The van der Waals surface area contributed by atoms with Crippen molar-refractivity contribution in [1.82, 2.24) is 24.4 Å². The van der Waals surface area contributed by atoms with Gasteiger partial charge in [-0.1, -0.05) is 17.7 Å². The maximum Gasteiger partial charge on any atom is 0.433 e. The lowest BCUT2D eigenvalue weighted by Crippen LogP contribution is -2.15. The second-order valence-electron chi connectivity index (χ2n) is 6.53. The first-order valence-electron chi connectivity index (χ1n) is 8.86. The first-order valence-corrected chi connectivity index (χ1v) is 9.23. The van der Waals surface area contributed by atoms with E-state index >= 15 is 0 Å². The first kappa shape index (κ1) is 20.7. The Bertz CT molecular complexity index is 1270. The highest BCUT2D eigenvalue weighted by molar-refractivity contribution is 6.30. The second kappa shape index (κ2) is 7.91. The number of carbonyl (C=O) groups is 1. The quantitative estimate of drug-likeness (QED) is 0.492. The van der Waals surface area contributed by atoms with E-state index in [9.17, 15) is 18.0 Å². The number of hydrogen-bond acceptors (Lipinski definition) is 5. The van der Waals surface area contributed by atoms with Gasteiger partial charge in [-0.3, -0.25) is 4.79 Å². The molecule has 4 aromatic rings. The molecule has 0 unspecified atom stereocenters. The Labute approximate surface area is 178 Å². The van der Waals surface area contributed by atoms with E-state index in [-0.39, 0.29) is 23.8 Å². The molecule has 0 spiro atoms. The fourth-order valence-electron chi connectivity index (χ4n) is 2.80. The first-order chi connectivity index (χ1) is 14.7. The molecule has 8 nitrogen and oxygen atoms in total. The number of rotatable bonds is 5. The minimum Gasteiger partial charge on any atom is -0.471 e. The van der Waals surface area contributed by atoms with Crippen LogP contribution < -0.4 is 10.1 Å². The Hall–Kier alpha value is -3.60. The summed E-state index contributed by atoms with van der Waals surface area (Å²) in [5.41, 5.74) is -0.834. The number of carbonyl (C=O) groups excluding carboxylic acids is 1. The second-order valence-corrected chi connectivity index (χ2v) is 6.97. The van der Waals surface area contributed by atoms with Crippen LogP contribution in [0.15, 0.2) is 48.8 Å². The lowest BCUT2D eigenvalue weighted by Gasteiger charge is -2.09. The van der Waals surface area contributed by atoms with Crippen molar-refractivity contribution >= 4 is 28.8 Å². The van der Waals surface area contributed by atoms with Crippen molar-refractivity contribution in [3.63, 3.8) is 0 Å². The minimum absolute atomic E-state index is 0.0583. The topological polar surface area (TPSA) is 86.3 Å². The fraction of sp³-hybridized carbons (Fsp3) is 0.158. The van der Waals surface area contributed by atoms with Crippen LogP contribution in [0.3, 0.4) is 0 Å². The third-order valence-corrected chi connectivity index (χ3v) is 4.36. The number of aromatic nitrogens is 5. The van der Waals surface area contributed by atoms with Gasteiger partial charge in [0.05, 0.1) is 18.1 Å². The van der Waals surface area contributed by atoms with Gasteiger partial charge in [0.1, 0.15) is 11.4 Å². The summed E-state index contributed by atoms with van der Waals surface area (Å²) in [6.45, 7) is 1.49. The van der Waals surface area contributed by atoms with Gasteiger partial charge in [-0.05, 0) is 31.2 Å². The monoisotopic (exact) mass is 450 g/mol. The molecule has 0 saturated carbocycles. The third-order valence-electron chi connectivity index (χ3n) is 4.13. The van der Waals surface area contributed by atoms with Gasteiger partial charge in [-0.2, -0.15) is 23.4 Å². The van der Waals surface area contributed by atoms with Gasteiger partial charge < -0.3 is 10.1 Å². The van der Waals surface area contributed by atoms with Crippen LogP contribution in [0.4, 0.5) is 18.9 Å². The number of nitrogens with zero attached hydrogens (tertiary/aromatic N) is 5. The molecule has 1 amide bonds. The minimum atomic E-state index is -4.64. The summed E-state index contributed by atoms with van der Waals surface area (Å²) in [4.78, 5) is 16.5. The highest BCUT2D eigenvalue weighted by Gasteiger charge is 2.35. The van der Waals surface area contributed by atoms with Crippen molar-refractivity contribution in [1.29, 1.82) is 0 Å². The average molecular weight is 451 g/mol. The van der Waals surface area contributed by atoms with Crippen molar-refractivity contribution in [3.8, 4) is 5.75 Å². The Balaban J connectivity index is 1.48. The number of nitrogens with one attached hydrogen (secondary N) is 1. The molecule has 3 heterocycles. The van der Waals surface area contributed by atoms with Crippen LogP contribution in [0.1, 0.15) is 21.9 Å². The van der Waals surface area contributed by atoms with Gasteiger partial charge >= 0.3 is 6.18 Å². The zero-order valence-corrected chi connectivity index (χ0v) is 16.6. The molecule has 0 atom stereocenters. The molecule has 0 fully saturated rings. The number of benzene rings is 1. The summed E-state index contributed by atoms with van der Waals surface area (Å²) in [7, 11) is 0. The molecule has 12 heteroatoms. The predicted molar refractivity (Wildman–Crippen MR) is 105 cm³/mol. The molecule has 0 aliphatic rings. The van der Waals surface area contributed by atoms with E-state index in [2.05, 4.69) is 20.5 Å². The van der Waals surface area contributed by atoms with Crippen LogP contribution in [0.25, 0.3) is 5.65 Å². The van der Waals surface area contributed by atoms with Crippen molar-refractivity contribution < 1.29 is 22.7 Å². The molecule has 3 aromatic heterocycles. The molecule has 0 aliphatic heterocycles. The Morgan fingerprint density at radius 1 is 1.26 bits per heavy atom. The highest BCUT2D eigenvalue weighted by Crippen LogP contribution is 2.30. The van der Waals surface area contributed by atoms with E-state index in [4.69, 9.17) is 16.3 Å². The summed E-state index contributed by atoms with van der Waals surface area (Å²) in [6.07, 6.45) is -1.77. The molecular formula is C19H14ClF3N6O2. The van der Waals surface area contributed by atoms with E-state index in [0.29, 0.717) is 21.0 Å². The summed E-state index contributed by atoms with van der Waals surface area (Å²) in [5.74, 6) is -0.159. The van der Waals surface area contributed by atoms with Crippen LogP contribution in [0, 0.1) is 6.92 Å². The van der Waals surface area contributed by atoms with Crippen molar-refractivity contribution in [2.75, 3.05) is 5.32 Å². The SMILES string of the molecule is Cc1cc(C(F)(F)F)n2nc(C(=O)Nc3cnn(COc4cccc(Cl)c4)c3)cc2n1. The van der Waals surface area contributed by atoms with Crippen molar-refractivity contribution in [2.45, 2.75) is 19.8 Å². The molecule has 0 aliphatic carbocycles. The van der Waals surface area contributed by atoms with E-state index in [1.165, 1.54) is 30.1 Å². The molecule has 31 heavy (non-hydrogen) atoms. The van der Waals surface area contributed by atoms with Gasteiger partial charge in [0.2, 0.25) is 0 Å². The molecule has 1 aromatic carbocycles. The standard InChI is InChI=1S/C19H14ClF3N6O2/c1-11-5-16(19(21,22)23)29-17(25-11)7-15(27-29)18(30)26-13-8-24-28(9-13)10-31-14-4-2-3-12(20)6-14/h2-9H,10H2,1H3,(H,26,30). The Morgan fingerprint density at radius 3 is 2.81 bits per heavy atom. The molecule has 4 rings (SSSR count). The number of hydrogen-bond donors (Lipinski definition) is 1. The van der Waals surface area contributed by atoms with Gasteiger partial charge in [0.15, 0.2) is 18.1 Å². The number of halogens is 4. The third kappa shape index (κ3) is 4.61. The van der Waals surface area contributed by atoms with Crippen LogP contribution in [0.5, 0.6) is 5.75 Å². The number of alkyl halides is 3. The van der Waals surface area contributed by atoms with Crippen LogP contribution in [-0.4, -0.2) is 30.3 Å². The number of aryl methyl sites for hydroxylation is 1. The van der Waals surface area contributed by atoms with Gasteiger partial charge in [-0.25, -0.2) is 14.2 Å². The smallest absolute Gasteiger partial charge is 0.433 e. The summed E-state index contributed by atoms with van der Waals surface area (Å²) in [6, 6.07) is 8.87. The normalized spacial score (nSPS) is 11.6. The number of amides is 1. The van der Waals surface area contributed by atoms with E-state index in [0.717, 1.165) is 6.07 Å². The number of anilines is 1. The lowest BCUT2D eigenvalue weighted by molar-refractivity contribution is -0.142. The predicted octanol–water partition coefficient (Wildman–Crippen LogP) is 4.20. The van der Waals surface area contributed by atoms with Crippen molar-refractivity contribution in [2.24, 2.45) is 0 Å². The maximum atomic E-state index is 13.3. The maximum absolute atomic E-state index is 13.3. The van der Waals surface area contributed by atoms with E-state index < -0.39 is 17.8 Å². The zero-order chi connectivity index (χ0) is 22.2. The van der Waals surface area contributed by atoms with E-state index in [1.54, 1.807) is 24.3 Å². The molecule has 0 radical (unpaired) electrons. The van der Waals surface area contributed by atoms with E-state index in [1.807, 2.05) is 0 Å². The Morgan fingerprint density at radius 2 is 2.06 bits per heavy atom. The average Bonchev–Trinajstić information content (AvgIpc) is 3.31. The largest absolute Gasteiger partial charge is 0.471 e. The highest BCUT2D eigenvalue weighted by atomic mass is 35.5. The van der Waals surface area contributed by atoms with Crippen LogP contribution in [-0.2, 0) is 12.9 Å². The number of fused-ring (bicyclic) bond motifs is 1. The fourth-order valence-corrected chi connectivity index (χ4v) is 2.98. The number of ether oxygens (including phenoxy) is 1. The lowest BCUT2D eigenvalue weighted by atomic mass is 10.3. The van der Waals surface area contributed by atoms with Gasteiger partial charge in [0.25, 0.3) is 5.91 Å². The molecule has 160 valence electrons. The van der Waals surface area contributed by atoms with Crippen LogP contribution in [0.2, 0.25) is 5.02 Å². The zero-order valence-electron chi connectivity index (χ0n) is 15.9. The van der Waals surface area contributed by atoms with Gasteiger partial charge in [0, 0.05) is 16.8 Å². The van der Waals surface area contributed by atoms with Crippen molar-refractivity contribution in [3.05, 3.63) is 70.9 Å². The van der Waals surface area contributed by atoms with Crippen LogP contribution >= 0.6 is 11.6 Å². The molecular weight excluding hydrogens is 437 g/mol.